The lowest BCUT2D eigenvalue weighted by atomic mass is 10.1. The van der Waals surface area contributed by atoms with Crippen molar-refractivity contribution in [1.29, 1.82) is 0 Å². The van der Waals surface area contributed by atoms with Gasteiger partial charge in [0.25, 0.3) is 5.91 Å². The molecule has 1 aliphatic carbocycles. The summed E-state index contributed by atoms with van der Waals surface area (Å²) in [4.78, 5) is 15.9. The van der Waals surface area contributed by atoms with Crippen molar-refractivity contribution in [3.8, 4) is 0 Å². The van der Waals surface area contributed by atoms with Crippen molar-refractivity contribution in [2.75, 3.05) is 0 Å². The molecule has 2 heterocycles. The van der Waals surface area contributed by atoms with Crippen molar-refractivity contribution in [1.82, 2.24) is 10.3 Å². The van der Waals surface area contributed by atoms with E-state index in [1.807, 2.05) is 6.20 Å². The first-order chi connectivity index (χ1) is 8.83. The third-order valence-corrected chi connectivity index (χ3v) is 3.06. The highest BCUT2D eigenvalue weighted by Gasteiger charge is 2.23. The van der Waals surface area contributed by atoms with Gasteiger partial charge < -0.3 is 9.73 Å². The van der Waals surface area contributed by atoms with Crippen LogP contribution in [0.1, 0.15) is 40.4 Å². The van der Waals surface area contributed by atoms with E-state index in [0.717, 1.165) is 5.56 Å². The number of rotatable bonds is 4. The summed E-state index contributed by atoms with van der Waals surface area (Å²) in [5.74, 6) is 0.816. The first kappa shape index (κ1) is 11.0. The lowest BCUT2D eigenvalue weighted by Gasteiger charge is -2.05. The first-order valence-corrected chi connectivity index (χ1v) is 6.08. The summed E-state index contributed by atoms with van der Waals surface area (Å²) < 4.78 is 5.03. The summed E-state index contributed by atoms with van der Waals surface area (Å²) in [7, 11) is 0. The minimum atomic E-state index is -0.197. The monoisotopic (exact) mass is 242 g/mol. The van der Waals surface area contributed by atoms with Gasteiger partial charge >= 0.3 is 0 Å². The van der Waals surface area contributed by atoms with Crippen LogP contribution in [0.3, 0.4) is 0 Å². The topological polar surface area (TPSA) is 55.1 Å². The van der Waals surface area contributed by atoms with Gasteiger partial charge in [-0.3, -0.25) is 9.78 Å². The molecule has 0 aromatic carbocycles. The van der Waals surface area contributed by atoms with Crippen LogP contribution in [-0.4, -0.2) is 10.9 Å². The Morgan fingerprint density at radius 3 is 3.06 bits per heavy atom. The molecule has 4 nitrogen and oxygen atoms in total. The van der Waals surface area contributed by atoms with Crippen molar-refractivity contribution in [2.45, 2.75) is 25.3 Å². The average molecular weight is 242 g/mol. The molecule has 1 saturated carbocycles. The zero-order valence-electron chi connectivity index (χ0n) is 9.93. The van der Waals surface area contributed by atoms with Gasteiger partial charge in [-0.2, -0.15) is 0 Å². The highest BCUT2D eigenvalue weighted by Crippen LogP contribution is 2.39. The molecular formula is C14H14N2O2. The molecular weight excluding hydrogens is 228 g/mol. The van der Waals surface area contributed by atoms with Crippen molar-refractivity contribution in [2.24, 2.45) is 0 Å². The maximum absolute atomic E-state index is 11.7. The number of furan rings is 1. The predicted molar refractivity (Wildman–Crippen MR) is 66.1 cm³/mol. The SMILES string of the molecule is O=C(NCc1cncc(C2CC2)c1)c1ccco1. The first-order valence-electron chi connectivity index (χ1n) is 6.08. The molecule has 1 N–H and O–H groups in total. The normalized spacial score (nSPS) is 14.4. The number of amides is 1. The van der Waals surface area contributed by atoms with Gasteiger partial charge in [0.15, 0.2) is 5.76 Å². The van der Waals surface area contributed by atoms with Crippen LogP contribution in [-0.2, 0) is 6.54 Å². The van der Waals surface area contributed by atoms with Crippen molar-refractivity contribution >= 4 is 5.91 Å². The number of carbonyl (C=O) groups is 1. The minimum absolute atomic E-state index is 0.197. The van der Waals surface area contributed by atoms with Crippen LogP contribution >= 0.6 is 0 Å². The molecule has 0 aliphatic heterocycles. The summed E-state index contributed by atoms with van der Waals surface area (Å²) in [5.41, 5.74) is 2.30. The molecule has 1 fully saturated rings. The highest BCUT2D eigenvalue weighted by atomic mass is 16.3. The van der Waals surface area contributed by atoms with Gasteiger partial charge in [0.05, 0.1) is 6.26 Å². The number of carbonyl (C=O) groups excluding carboxylic acids is 1. The highest BCUT2D eigenvalue weighted by molar-refractivity contribution is 5.91. The molecule has 0 radical (unpaired) electrons. The summed E-state index contributed by atoms with van der Waals surface area (Å²) >= 11 is 0. The number of hydrogen-bond acceptors (Lipinski definition) is 3. The Labute approximate surface area is 105 Å². The van der Waals surface area contributed by atoms with Crippen LogP contribution in [0, 0.1) is 0 Å². The molecule has 0 unspecified atom stereocenters. The summed E-state index contributed by atoms with van der Waals surface area (Å²) in [6.45, 7) is 0.479. The summed E-state index contributed by atoms with van der Waals surface area (Å²) in [6.07, 6.45) is 7.70. The largest absolute Gasteiger partial charge is 0.459 e. The average Bonchev–Trinajstić information content (AvgIpc) is 3.11. The molecule has 0 saturated heterocycles. The third kappa shape index (κ3) is 2.42. The number of nitrogens with one attached hydrogen (secondary N) is 1. The van der Waals surface area contributed by atoms with E-state index in [1.54, 1.807) is 18.3 Å². The Morgan fingerprint density at radius 2 is 2.33 bits per heavy atom. The van der Waals surface area contributed by atoms with Crippen LogP contribution in [0.2, 0.25) is 0 Å². The van der Waals surface area contributed by atoms with Crippen LogP contribution in [0.15, 0.2) is 41.3 Å². The quantitative estimate of drug-likeness (QED) is 0.896. The molecule has 3 rings (SSSR count). The standard InChI is InChI=1S/C14H14N2O2/c17-14(13-2-1-5-18-13)16-8-10-6-12(9-15-7-10)11-3-4-11/h1-2,5-7,9,11H,3-4,8H2,(H,16,17). The van der Waals surface area contributed by atoms with Gasteiger partial charge in [-0.05, 0) is 42.0 Å². The molecule has 4 heteroatoms. The van der Waals surface area contributed by atoms with Crippen LogP contribution < -0.4 is 5.32 Å². The predicted octanol–water partition coefficient (Wildman–Crippen LogP) is 2.48. The Morgan fingerprint density at radius 1 is 1.44 bits per heavy atom. The third-order valence-electron chi connectivity index (χ3n) is 3.06. The fraction of sp³-hybridized carbons (Fsp3) is 0.286. The van der Waals surface area contributed by atoms with Gasteiger partial charge in [0, 0.05) is 18.9 Å². The Hall–Kier alpha value is -2.10. The smallest absolute Gasteiger partial charge is 0.287 e. The van der Waals surface area contributed by atoms with Gasteiger partial charge in [0.2, 0.25) is 0 Å². The zero-order chi connectivity index (χ0) is 12.4. The molecule has 2 aromatic heterocycles. The number of nitrogens with zero attached hydrogens (tertiary/aromatic N) is 1. The molecule has 0 bridgehead atoms. The molecule has 2 aromatic rings. The molecule has 0 atom stereocenters. The van der Waals surface area contributed by atoms with Crippen LogP contribution in [0.5, 0.6) is 0 Å². The second-order valence-electron chi connectivity index (χ2n) is 4.56. The Kier molecular flexibility index (Phi) is 2.84. The van der Waals surface area contributed by atoms with E-state index < -0.39 is 0 Å². The maximum Gasteiger partial charge on any atom is 0.287 e. The van der Waals surface area contributed by atoms with E-state index in [-0.39, 0.29) is 5.91 Å². The fourth-order valence-electron chi connectivity index (χ4n) is 1.92. The van der Waals surface area contributed by atoms with E-state index in [9.17, 15) is 4.79 Å². The van der Waals surface area contributed by atoms with Crippen molar-refractivity contribution in [3.05, 3.63) is 53.7 Å². The van der Waals surface area contributed by atoms with Gasteiger partial charge in [-0.25, -0.2) is 0 Å². The Bertz CT molecular complexity index is 545. The van der Waals surface area contributed by atoms with E-state index in [0.29, 0.717) is 18.2 Å². The lowest BCUT2D eigenvalue weighted by molar-refractivity contribution is 0.0923. The second-order valence-corrected chi connectivity index (χ2v) is 4.56. The summed E-state index contributed by atoms with van der Waals surface area (Å²) in [5, 5.41) is 2.82. The van der Waals surface area contributed by atoms with Gasteiger partial charge in [-0.15, -0.1) is 0 Å². The molecule has 1 aliphatic rings. The van der Waals surface area contributed by atoms with Crippen LogP contribution in [0.4, 0.5) is 0 Å². The zero-order valence-corrected chi connectivity index (χ0v) is 9.93. The van der Waals surface area contributed by atoms with Gasteiger partial charge in [0.1, 0.15) is 0 Å². The minimum Gasteiger partial charge on any atom is -0.459 e. The lowest BCUT2D eigenvalue weighted by Crippen LogP contribution is -2.22. The van der Waals surface area contributed by atoms with E-state index in [2.05, 4.69) is 16.4 Å². The van der Waals surface area contributed by atoms with Gasteiger partial charge in [-0.1, -0.05) is 6.07 Å². The number of aromatic nitrogens is 1. The second kappa shape index (κ2) is 4.64. The number of hydrogen-bond donors (Lipinski definition) is 1. The van der Waals surface area contributed by atoms with E-state index in [4.69, 9.17) is 4.42 Å². The molecule has 0 spiro atoms. The van der Waals surface area contributed by atoms with Crippen LogP contribution in [0.25, 0.3) is 0 Å². The molecule has 18 heavy (non-hydrogen) atoms. The Balaban J connectivity index is 1.62. The van der Waals surface area contributed by atoms with E-state index in [1.165, 1.54) is 24.7 Å². The van der Waals surface area contributed by atoms with Crippen molar-refractivity contribution < 1.29 is 9.21 Å². The summed E-state index contributed by atoms with van der Waals surface area (Å²) in [6, 6.07) is 5.46. The number of pyridine rings is 1. The maximum atomic E-state index is 11.7. The van der Waals surface area contributed by atoms with Crippen molar-refractivity contribution in [3.63, 3.8) is 0 Å². The molecule has 1 amide bonds. The fourth-order valence-corrected chi connectivity index (χ4v) is 1.92. The molecule has 92 valence electrons. The van der Waals surface area contributed by atoms with E-state index >= 15 is 0 Å².